The standard InChI is InChI=1S/C23H31N5O5S/c1-2-25-15-22(24-16-25)34(30,31)28-7-3-4-19(14-28)23(29)27-10-8-26(9-11-27)13-18-5-6-20-21(12-18)33-17-32-20/h5-6,12,15-16,19H,2-4,7-11,13-14,17H2,1H3. The van der Waals surface area contributed by atoms with Gasteiger partial charge in [0, 0.05) is 58.6 Å². The highest BCUT2D eigenvalue weighted by Crippen LogP contribution is 2.33. The maximum Gasteiger partial charge on any atom is 0.262 e. The topological polar surface area (TPSA) is 97.2 Å². The van der Waals surface area contributed by atoms with Crippen molar-refractivity contribution in [3.05, 3.63) is 36.3 Å². The summed E-state index contributed by atoms with van der Waals surface area (Å²) in [7, 11) is -3.69. The molecule has 34 heavy (non-hydrogen) atoms. The minimum absolute atomic E-state index is 0.0552. The van der Waals surface area contributed by atoms with Gasteiger partial charge in [-0.05, 0) is 37.5 Å². The molecule has 0 saturated carbocycles. The van der Waals surface area contributed by atoms with Gasteiger partial charge in [-0.1, -0.05) is 6.07 Å². The van der Waals surface area contributed by atoms with Crippen LogP contribution in [0, 0.1) is 5.92 Å². The predicted molar refractivity (Wildman–Crippen MR) is 124 cm³/mol. The van der Waals surface area contributed by atoms with Crippen molar-refractivity contribution in [3.8, 4) is 11.5 Å². The number of aryl methyl sites for hydroxylation is 1. The Morgan fingerprint density at radius 2 is 1.91 bits per heavy atom. The largest absolute Gasteiger partial charge is 0.454 e. The molecule has 10 nitrogen and oxygen atoms in total. The second kappa shape index (κ2) is 9.55. The number of piperazine rings is 1. The number of aromatic nitrogens is 2. The minimum Gasteiger partial charge on any atom is -0.454 e. The lowest BCUT2D eigenvalue weighted by atomic mass is 9.97. The molecule has 2 fully saturated rings. The molecule has 0 spiro atoms. The highest BCUT2D eigenvalue weighted by molar-refractivity contribution is 7.89. The molecule has 1 aromatic heterocycles. The number of amides is 1. The fourth-order valence-corrected chi connectivity index (χ4v) is 6.28. The van der Waals surface area contributed by atoms with Crippen molar-refractivity contribution in [2.75, 3.05) is 46.1 Å². The van der Waals surface area contributed by atoms with Crippen molar-refractivity contribution in [2.24, 2.45) is 5.92 Å². The van der Waals surface area contributed by atoms with Crippen molar-refractivity contribution in [1.29, 1.82) is 0 Å². The summed E-state index contributed by atoms with van der Waals surface area (Å²) in [5.74, 6) is 1.31. The molecule has 0 N–H and O–H groups in total. The van der Waals surface area contributed by atoms with Gasteiger partial charge in [0.25, 0.3) is 10.0 Å². The van der Waals surface area contributed by atoms with Crippen LogP contribution in [0.1, 0.15) is 25.3 Å². The Labute approximate surface area is 200 Å². The first-order valence-corrected chi connectivity index (χ1v) is 13.3. The fourth-order valence-electron chi connectivity index (χ4n) is 4.82. The minimum atomic E-state index is -3.69. The second-order valence-corrected chi connectivity index (χ2v) is 10.9. The molecule has 0 radical (unpaired) electrons. The van der Waals surface area contributed by atoms with E-state index in [4.69, 9.17) is 9.47 Å². The van der Waals surface area contributed by atoms with Crippen molar-refractivity contribution in [3.63, 3.8) is 0 Å². The zero-order chi connectivity index (χ0) is 23.7. The van der Waals surface area contributed by atoms with Gasteiger partial charge in [-0.25, -0.2) is 13.4 Å². The number of fused-ring (bicyclic) bond motifs is 1. The Balaban J connectivity index is 1.16. The van der Waals surface area contributed by atoms with Gasteiger partial charge in [0.05, 0.1) is 12.2 Å². The van der Waals surface area contributed by atoms with Crippen LogP contribution < -0.4 is 9.47 Å². The predicted octanol–water partition coefficient (Wildman–Crippen LogP) is 1.38. The fraction of sp³-hybridized carbons (Fsp3) is 0.565. The van der Waals surface area contributed by atoms with Gasteiger partial charge in [0.1, 0.15) is 0 Å². The first-order chi connectivity index (χ1) is 16.4. The molecule has 3 aliphatic rings. The summed E-state index contributed by atoms with van der Waals surface area (Å²) in [4.78, 5) is 21.5. The number of nitrogens with zero attached hydrogens (tertiary/aromatic N) is 5. The number of hydrogen-bond acceptors (Lipinski definition) is 7. The van der Waals surface area contributed by atoms with E-state index in [1.165, 1.54) is 10.6 Å². The third-order valence-electron chi connectivity index (χ3n) is 6.84. The van der Waals surface area contributed by atoms with Crippen LogP contribution in [0.15, 0.2) is 35.7 Å². The summed E-state index contributed by atoms with van der Waals surface area (Å²) in [6, 6.07) is 6.00. The molecule has 1 amide bonds. The average Bonchev–Trinajstić information content (AvgIpc) is 3.54. The summed E-state index contributed by atoms with van der Waals surface area (Å²) >= 11 is 0. The van der Waals surface area contributed by atoms with E-state index in [2.05, 4.69) is 9.88 Å². The quantitative estimate of drug-likeness (QED) is 0.605. The Bertz CT molecular complexity index is 1140. The summed E-state index contributed by atoms with van der Waals surface area (Å²) in [6.45, 7) is 7.15. The lowest BCUT2D eigenvalue weighted by molar-refractivity contribution is -0.138. The van der Waals surface area contributed by atoms with Crippen LogP contribution in [0.3, 0.4) is 0 Å². The number of ether oxygens (including phenoxy) is 2. The van der Waals surface area contributed by atoms with Gasteiger partial charge < -0.3 is 18.9 Å². The third kappa shape index (κ3) is 4.64. The van der Waals surface area contributed by atoms with Crippen LogP contribution in [0.4, 0.5) is 0 Å². The molecule has 11 heteroatoms. The summed E-state index contributed by atoms with van der Waals surface area (Å²) in [5.41, 5.74) is 1.16. The summed E-state index contributed by atoms with van der Waals surface area (Å²) in [6.07, 6.45) is 4.47. The van der Waals surface area contributed by atoms with Crippen LogP contribution in [0.25, 0.3) is 0 Å². The van der Waals surface area contributed by atoms with E-state index < -0.39 is 10.0 Å². The van der Waals surface area contributed by atoms with E-state index in [0.717, 1.165) is 36.7 Å². The number of imidazole rings is 1. The van der Waals surface area contributed by atoms with E-state index in [9.17, 15) is 13.2 Å². The number of rotatable bonds is 6. The normalized spacial score (nSPS) is 21.7. The maximum absolute atomic E-state index is 13.2. The molecule has 0 aliphatic carbocycles. The molecular formula is C23H31N5O5S. The van der Waals surface area contributed by atoms with Crippen LogP contribution in [0.2, 0.25) is 0 Å². The number of piperidine rings is 1. The Hall–Kier alpha value is -2.63. The number of hydrogen-bond donors (Lipinski definition) is 0. The lowest BCUT2D eigenvalue weighted by Gasteiger charge is -2.38. The van der Waals surface area contributed by atoms with E-state index in [0.29, 0.717) is 39.0 Å². The summed E-state index contributed by atoms with van der Waals surface area (Å²) < 4.78 is 40.1. The number of carbonyl (C=O) groups excluding carboxylic acids is 1. The Morgan fingerprint density at radius 3 is 2.68 bits per heavy atom. The molecule has 3 aliphatic heterocycles. The number of carbonyl (C=O) groups is 1. The van der Waals surface area contributed by atoms with E-state index in [1.807, 2.05) is 30.0 Å². The van der Waals surface area contributed by atoms with Gasteiger partial charge in [-0.15, -0.1) is 0 Å². The van der Waals surface area contributed by atoms with Crippen LogP contribution in [-0.4, -0.2) is 84.0 Å². The van der Waals surface area contributed by atoms with Crippen LogP contribution in [0.5, 0.6) is 11.5 Å². The van der Waals surface area contributed by atoms with Crippen LogP contribution in [-0.2, 0) is 27.9 Å². The maximum atomic E-state index is 13.2. The zero-order valence-corrected chi connectivity index (χ0v) is 20.2. The number of sulfonamides is 1. The highest BCUT2D eigenvalue weighted by Gasteiger charge is 2.36. The lowest BCUT2D eigenvalue weighted by Crippen LogP contribution is -2.52. The van der Waals surface area contributed by atoms with Crippen molar-refractivity contribution in [2.45, 2.75) is 37.9 Å². The van der Waals surface area contributed by atoms with Gasteiger partial charge in [-0.2, -0.15) is 4.31 Å². The van der Waals surface area contributed by atoms with Crippen molar-refractivity contribution >= 4 is 15.9 Å². The molecule has 1 unspecified atom stereocenters. The first kappa shape index (κ1) is 23.1. The summed E-state index contributed by atoms with van der Waals surface area (Å²) in [5, 5.41) is 0.0552. The smallest absolute Gasteiger partial charge is 0.262 e. The van der Waals surface area contributed by atoms with Gasteiger partial charge in [-0.3, -0.25) is 9.69 Å². The van der Waals surface area contributed by atoms with E-state index in [-0.39, 0.29) is 30.2 Å². The van der Waals surface area contributed by atoms with Gasteiger partial charge >= 0.3 is 0 Å². The van der Waals surface area contributed by atoms with Gasteiger partial charge in [0.2, 0.25) is 12.7 Å². The monoisotopic (exact) mass is 489 g/mol. The molecule has 184 valence electrons. The SMILES string of the molecule is CCn1cnc(S(=O)(=O)N2CCCC(C(=O)N3CCN(Cc4ccc5c(c4)OCO5)CC3)C2)c1. The van der Waals surface area contributed by atoms with E-state index >= 15 is 0 Å². The Morgan fingerprint density at radius 1 is 1.12 bits per heavy atom. The molecular weight excluding hydrogens is 458 g/mol. The zero-order valence-electron chi connectivity index (χ0n) is 19.4. The molecule has 0 bridgehead atoms. The van der Waals surface area contributed by atoms with Gasteiger partial charge in [0.15, 0.2) is 16.5 Å². The van der Waals surface area contributed by atoms with Crippen molar-refractivity contribution in [1.82, 2.24) is 23.7 Å². The highest BCUT2D eigenvalue weighted by atomic mass is 32.2. The third-order valence-corrected chi connectivity index (χ3v) is 8.59. The average molecular weight is 490 g/mol. The first-order valence-electron chi connectivity index (χ1n) is 11.9. The van der Waals surface area contributed by atoms with Crippen LogP contribution >= 0.6 is 0 Å². The number of benzene rings is 1. The molecule has 4 heterocycles. The molecule has 2 aromatic rings. The molecule has 1 aromatic carbocycles. The molecule has 1 atom stereocenters. The Kier molecular flexibility index (Phi) is 6.50. The van der Waals surface area contributed by atoms with Crippen molar-refractivity contribution < 1.29 is 22.7 Å². The molecule has 2 saturated heterocycles. The molecule has 5 rings (SSSR count). The van der Waals surface area contributed by atoms with E-state index in [1.54, 1.807) is 10.8 Å². The second-order valence-electron chi connectivity index (χ2n) is 9.03.